The topological polar surface area (TPSA) is 23.6 Å². The third-order valence-electron chi connectivity index (χ3n) is 2.79. The lowest BCUT2D eigenvalue weighted by Crippen LogP contribution is -2.54. The van der Waals surface area contributed by atoms with Crippen LogP contribution in [0.4, 0.5) is 0 Å². The molecule has 90 valence electrons. The van der Waals surface area contributed by atoms with E-state index >= 15 is 0 Å². The zero-order valence-electron chi connectivity index (χ0n) is 10.8. The molecule has 0 spiro atoms. The Morgan fingerprint density at radius 2 is 1.81 bits per heavy atom. The molecule has 0 saturated carbocycles. The molecule has 0 bridgehead atoms. The van der Waals surface area contributed by atoms with Crippen molar-refractivity contribution in [1.29, 1.82) is 0 Å². The molecule has 1 fully saturated rings. The van der Waals surface area contributed by atoms with Crippen LogP contribution in [0.5, 0.6) is 0 Å². The summed E-state index contributed by atoms with van der Waals surface area (Å²) in [5, 5.41) is 0. The van der Waals surface area contributed by atoms with E-state index in [0.29, 0.717) is 5.92 Å². The summed E-state index contributed by atoms with van der Waals surface area (Å²) in [6.45, 7) is 9.35. The van der Waals surface area contributed by atoms with E-state index in [-0.39, 0.29) is 5.91 Å². The Balaban J connectivity index is 2.40. The highest BCUT2D eigenvalue weighted by Crippen LogP contribution is 2.14. The highest BCUT2D eigenvalue weighted by atomic mass is 79.9. The molecule has 0 aromatic carbocycles. The summed E-state index contributed by atoms with van der Waals surface area (Å²) in [5.41, 5.74) is 0. The first kappa shape index (κ1) is 14.1. The van der Waals surface area contributed by atoms with Gasteiger partial charge in [-0.1, -0.05) is 29.8 Å². The lowest BCUT2D eigenvalue weighted by atomic mass is 9.69. The van der Waals surface area contributed by atoms with Crippen molar-refractivity contribution in [2.24, 2.45) is 5.92 Å². The summed E-state index contributed by atoms with van der Waals surface area (Å²) < 4.78 is -0.423. The highest BCUT2D eigenvalue weighted by Gasteiger charge is 2.30. The molecule has 3 nitrogen and oxygen atoms in total. The van der Waals surface area contributed by atoms with Crippen LogP contribution < -0.4 is 0 Å². The van der Waals surface area contributed by atoms with Gasteiger partial charge in [0.05, 0.1) is 0 Å². The molecule has 16 heavy (non-hydrogen) atoms. The maximum Gasteiger partial charge on any atom is 0.223 e. The second kappa shape index (κ2) is 5.58. The third kappa shape index (κ3) is 4.13. The summed E-state index contributed by atoms with van der Waals surface area (Å²) >= 11 is 3.43. The van der Waals surface area contributed by atoms with Gasteiger partial charge in [-0.25, -0.2) is 0 Å². The van der Waals surface area contributed by atoms with Crippen molar-refractivity contribution in [2.75, 3.05) is 32.7 Å². The number of hydrogen-bond donors (Lipinski definition) is 0. The number of hydrogen-bond acceptors (Lipinski definition) is 2. The largest absolute Gasteiger partial charge is 0.340 e. The fraction of sp³-hybridized carbons (Fsp3) is 0.900. The number of amides is 1. The predicted octanol–water partition coefficient (Wildman–Crippen LogP) is -0.898. The minimum absolute atomic E-state index is 0.205. The molecule has 1 saturated heterocycles. The molecule has 1 amide bonds. The average Bonchev–Trinajstić information content (AvgIpc) is 2.15. The molecule has 0 aromatic heterocycles. The molecule has 1 aliphatic rings. The first-order valence-electron chi connectivity index (χ1n) is 6.01. The van der Waals surface area contributed by atoms with E-state index in [0.717, 1.165) is 32.7 Å². The van der Waals surface area contributed by atoms with Crippen molar-refractivity contribution in [3.8, 4) is 0 Å². The van der Waals surface area contributed by atoms with E-state index in [9.17, 15) is 4.79 Å². The maximum atomic E-state index is 12.0. The molecule has 0 atom stereocenters. The Morgan fingerprint density at radius 1 is 1.31 bits per heavy atom. The van der Waals surface area contributed by atoms with Gasteiger partial charge in [0.2, 0.25) is 5.91 Å². The molecule has 1 rings (SSSR count). The quantitative estimate of drug-likeness (QED) is 0.496. The molecular formula is C10H21B2BrN2O. The van der Waals surface area contributed by atoms with Crippen LogP contribution in [-0.2, 0) is 4.79 Å². The van der Waals surface area contributed by atoms with Gasteiger partial charge in [0.15, 0.2) is 0 Å². The van der Waals surface area contributed by atoms with Crippen LogP contribution in [0.25, 0.3) is 0 Å². The Bertz CT molecular complexity index is 248. The van der Waals surface area contributed by atoms with Crippen LogP contribution in [0.1, 0.15) is 13.8 Å². The molecule has 6 heteroatoms. The fourth-order valence-electron chi connectivity index (χ4n) is 2.03. The summed E-state index contributed by atoms with van der Waals surface area (Å²) in [6, 6.07) is 0. The normalized spacial score (nSPS) is 19.1. The number of piperazine rings is 1. The Hall–Kier alpha value is 0.0399. The van der Waals surface area contributed by atoms with Gasteiger partial charge >= 0.3 is 0 Å². The van der Waals surface area contributed by atoms with E-state index in [1.165, 1.54) is 0 Å². The van der Waals surface area contributed by atoms with E-state index in [1.54, 1.807) is 0 Å². The van der Waals surface area contributed by atoms with Crippen LogP contribution >= 0.6 is 15.9 Å². The second-order valence-electron chi connectivity index (χ2n) is 5.46. The summed E-state index contributed by atoms with van der Waals surface area (Å²) in [5.74, 6) is 0.909. The van der Waals surface area contributed by atoms with Gasteiger partial charge in [-0.05, 0) is 5.92 Å². The van der Waals surface area contributed by atoms with E-state index in [1.807, 2.05) is 20.6 Å². The van der Waals surface area contributed by atoms with Crippen LogP contribution in [0.15, 0.2) is 0 Å². The molecule has 0 radical (unpaired) electrons. The fourth-order valence-corrected chi connectivity index (χ4v) is 2.28. The van der Waals surface area contributed by atoms with Gasteiger partial charge in [0.1, 0.15) is 15.7 Å². The molecule has 0 aromatic rings. The predicted molar refractivity (Wildman–Crippen MR) is 76.6 cm³/mol. The third-order valence-corrected chi connectivity index (χ3v) is 3.13. The lowest BCUT2D eigenvalue weighted by molar-refractivity contribution is -0.131. The number of carbonyl (C=O) groups excluding carboxylic acids is 1. The van der Waals surface area contributed by atoms with Crippen molar-refractivity contribution >= 4 is 37.5 Å². The second-order valence-corrected chi connectivity index (χ2v) is 7.44. The standard InChI is InChI=1S/C10H21B2BrN2O/c1-8(2)7-14-3-5-15(6-4-14)9(16)10(11,12)13/h8H,3-7,11-12H2,1-2H3. The number of carbonyl (C=O) groups is 1. The monoisotopic (exact) mass is 286 g/mol. The first-order chi connectivity index (χ1) is 7.30. The van der Waals surface area contributed by atoms with Crippen molar-refractivity contribution in [2.45, 2.75) is 18.0 Å². The number of alkyl halides is 1. The van der Waals surface area contributed by atoms with E-state index in [2.05, 4.69) is 34.7 Å². The van der Waals surface area contributed by atoms with Crippen molar-refractivity contribution in [3.05, 3.63) is 0 Å². The van der Waals surface area contributed by atoms with Crippen molar-refractivity contribution < 1.29 is 4.79 Å². The van der Waals surface area contributed by atoms with Crippen molar-refractivity contribution in [1.82, 2.24) is 9.80 Å². The Labute approximate surface area is 109 Å². The molecule has 0 N–H and O–H groups in total. The van der Waals surface area contributed by atoms with E-state index < -0.39 is 4.12 Å². The zero-order valence-corrected chi connectivity index (χ0v) is 12.4. The minimum atomic E-state index is -0.423. The number of rotatable bonds is 3. The molecular weight excluding hydrogens is 266 g/mol. The first-order valence-corrected chi connectivity index (χ1v) is 6.80. The summed E-state index contributed by atoms with van der Waals surface area (Å²) in [6.07, 6.45) is 0. The van der Waals surface area contributed by atoms with Crippen LogP contribution in [0, 0.1) is 5.92 Å². The zero-order chi connectivity index (χ0) is 12.3. The summed E-state index contributed by atoms with van der Waals surface area (Å²) in [7, 11) is 3.83. The Kier molecular flexibility index (Phi) is 4.92. The molecule has 0 unspecified atom stereocenters. The van der Waals surface area contributed by atoms with Gasteiger partial charge in [-0.2, -0.15) is 0 Å². The molecule has 1 aliphatic heterocycles. The molecule has 1 heterocycles. The number of nitrogens with zero attached hydrogens (tertiary/aromatic N) is 2. The average molecular weight is 287 g/mol. The number of halogens is 1. The van der Waals surface area contributed by atoms with E-state index in [4.69, 9.17) is 0 Å². The SMILES string of the molecule is BC(B)(Br)C(=O)N1CCN(CC(C)C)CC1. The maximum absolute atomic E-state index is 12.0. The van der Waals surface area contributed by atoms with Crippen molar-refractivity contribution in [3.63, 3.8) is 0 Å². The lowest BCUT2D eigenvalue weighted by Gasteiger charge is -2.37. The van der Waals surface area contributed by atoms with Crippen LogP contribution in [0.3, 0.4) is 0 Å². The van der Waals surface area contributed by atoms with Gasteiger partial charge in [0.25, 0.3) is 0 Å². The summed E-state index contributed by atoms with van der Waals surface area (Å²) in [4.78, 5) is 16.4. The van der Waals surface area contributed by atoms with Gasteiger partial charge in [-0.15, -0.1) is 0 Å². The van der Waals surface area contributed by atoms with Crippen LogP contribution in [-0.4, -0.2) is 68.2 Å². The minimum Gasteiger partial charge on any atom is -0.340 e. The van der Waals surface area contributed by atoms with Gasteiger partial charge in [0, 0.05) is 36.8 Å². The smallest absolute Gasteiger partial charge is 0.223 e. The van der Waals surface area contributed by atoms with Gasteiger partial charge in [-0.3, -0.25) is 9.69 Å². The molecule has 0 aliphatic carbocycles. The van der Waals surface area contributed by atoms with Gasteiger partial charge < -0.3 is 4.90 Å². The Morgan fingerprint density at radius 3 is 2.19 bits per heavy atom. The van der Waals surface area contributed by atoms with Crippen LogP contribution in [0.2, 0.25) is 0 Å². The highest BCUT2D eigenvalue weighted by molar-refractivity contribution is 9.11.